The first kappa shape index (κ1) is 11.0. The largest absolute Gasteiger partial charge is 0.313 e. The molecule has 0 radical (unpaired) electrons. The van der Waals surface area contributed by atoms with Crippen molar-refractivity contribution in [3.05, 3.63) is 0 Å². The van der Waals surface area contributed by atoms with Crippen LogP contribution in [-0.2, 0) is 0 Å². The Bertz CT molecular complexity index is 174. The van der Waals surface area contributed by atoms with Gasteiger partial charge in [0.15, 0.2) is 0 Å². The van der Waals surface area contributed by atoms with Crippen molar-refractivity contribution in [3.8, 4) is 0 Å². The molecule has 1 heteroatoms. The fraction of sp³-hybridized carbons (Fsp3) is 1.00. The molecular weight excluding hydrogens is 158 g/mol. The van der Waals surface area contributed by atoms with Crippen molar-refractivity contribution in [2.24, 2.45) is 10.8 Å². The predicted octanol–water partition coefficient (Wildman–Crippen LogP) is 3.20. The van der Waals surface area contributed by atoms with E-state index >= 15 is 0 Å². The van der Waals surface area contributed by atoms with Crippen LogP contribution in [0.1, 0.15) is 53.9 Å². The zero-order valence-corrected chi connectivity index (χ0v) is 9.91. The van der Waals surface area contributed by atoms with Crippen molar-refractivity contribution in [1.29, 1.82) is 0 Å². The van der Waals surface area contributed by atoms with Crippen molar-refractivity contribution in [2.75, 3.05) is 6.54 Å². The summed E-state index contributed by atoms with van der Waals surface area (Å²) < 4.78 is 0. The van der Waals surface area contributed by atoms with Crippen LogP contribution in [0.3, 0.4) is 0 Å². The van der Waals surface area contributed by atoms with Gasteiger partial charge in [0.25, 0.3) is 0 Å². The van der Waals surface area contributed by atoms with E-state index in [0.717, 1.165) is 6.04 Å². The van der Waals surface area contributed by atoms with Crippen LogP contribution in [0.15, 0.2) is 0 Å². The highest BCUT2D eigenvalue weighted by molar-refractivity contribution is 5.00. The van der Waals surface area contributed by atoms with E-state index in [9.17, 15) is 0 Å². The summed E-state index contributed by atoms with van der Waals surface area (Å²) in [7, 11) is 0. The van der Waals surface area contributed by atoms with Gasteiger partial charge in [-0.15, -0.1) is 0 Å². The summed E-state index contributed by atoms with van der Waals surface area (Å²) in [5, 5.41) is 3.61. The number of hydrogen-bond donors (Lipinski definition) is 1. The van der Waals surface area contributed by atoms with Crippen LogP contribution in [0.2, 0.25) is 0 Å². The Morgan fingerprint density at radius 1 is 1.08 bits per heavy atom. The SMILES string of the molecule is CC.CC1(C)CC2CC(C)(CN2)C1. The van der Waals surface area contributed by atoms with Gasteiger partial charge in [0.05, 0.1) is 0 Å². The zero-order chi connectivity index (χ0) is 10.1. The van der Waals surface area contributed by atoms with Crippen LogP contribution in [0.5, 0.6) is 0 Å². The molecule has 1 aliphatic carbocycles. The van der Waals surface area contributed by atoms with Gasteiger partial charge in [0, 0.05) is 12.6 Å². The molecule has 0 aromatic carbocycles. The molecule has 1 saturated heterocycles. The minimum absolute atomic E-state index is 0.584. The van der Waals surface area contributed by atoms with E-state index in [1.54, 1.807) is 0 Å². The van der Waals surface area contributed by atoms with Crippen molar-refractivity contribution in [2.45, 2.75) is 59.9 Å². The third-order valence-corrected chi connectivity index (χ3v) is 3.26. The first-order chi connectivity index (χ1) is 5.99. The van der Waals surface area contributed by atoms with Gasteiger partial charge >= 0.3 is 0 Å². The minimum atomic E-state index is 0.584. The van der Waals surface area contributed by atoms with Gasteiger partial charge in [0.2, 0.25) is 0 Å². The Hall–Kier alpha value is -0.0400. The van der Waals surface area contributed by atoms with Crippen LogP contribution < -0.4 is 5.32 Å². The molecule has 2 fully saturated rings. The van der Waals surface area contributed by atoms with E-state index in [2.05, 4.69) is 26.1 Å². The molecule has 2 unspecified atom stereocenters. The maximum Gasteiger partial charge on any atom is 0.00780 e. The Kier molecular flexibility index (Phi) is 3.06. The molecule has 13 heavy (non-hydrogen) atoms. The second-order valence-corrected chi connectivity index (χ2v) is 5.64. The monoisotopic (exact) mass is 183 g/mol. The normalized spacial score (nSPS) is 40.8. The third kappa shape index (κ3) is 2.46. The highest BCUT2D eigenvalue weighted by Crippen LogP contribution is 2.48. The topological polar surface area (TPSA) is 12.0 Å². The molecule has 1 saturated carbocycles. The van der Waals surface area contributed by atoms with E-state index < -0.39 is 0 Å². The Morgan fingerprint density at radius 3 is 2.23 bits per heavy atom. The van der Waals surface area contributed by atoms with E-state index in [1.165, 1.54) is 25.8 Å². The molecule has 0 spiro atoms. The lowest BCUT2D eigenvalue weighted by atomic mass is 9.65. The molecule has 78 valence electrons. The summed E-state index contributed by atoms with van der Waals surface area (Å²) in [6.07, 6.45) is 4.20. The maximum atomic E-state index is 3.61. The fourth-order valence-electron chi connectivity index (χ4n) is 3.30. The van der Waals surface area contributed by atoms with Gasteiger partial charge < -0.3 is 5.32 Å². The molecule has 2 aliphatic rings. The lowest BCUT2D eigenvalue weighted by Crippen LogP contribution is -2.33. The zero-order valence-electron chi connectivity index (χ0n) is 9.91. The molecule has 2 bridgehead atoms. The smallest absolute Gasteiger partial charge is 0.00780 e. The molecule has 0 amide bonds. The molecule has 0 aromatic heterocycles. The fourth-order valence-corrected chi connectivity index (χ4v) is 3.30. The van der Waals surface area contributed by atoms with Crippen LogP contribution in [0.4, 0.5) is 0 Å². The number of hydrogen-bond acceptors (Lipinski definition) is 1. The lowest BCUT2D eigenvalue weighted by Gasteiger charge is -2.39. The summed E-state index contributed by atoms with van der Waals surface area (Å²) in [5.41, 5.74) is 1.20. The lowest BCUT2D eigenvalue weighted by molar-refractivity contribution is 0.135. The molecule has 0 aromatic rings. The minimum Gasteiger partial charge on any atom is -0.313 e. The molecule has 2 atom stereocenters. The Morgan fingerprint density at radius 2 is 1.69 bits per heavy atom. The van der Waals surface area contributed by atoms with E-state index in [-0.39, 0.29) is 0 Å². The van der Waals surface area contributed by atoms with Crippen LogP contribution in [-0.4, -0.2) is 12.6 Å². The van der Waals surface area contributed by atoms with Gasteiger partial charge in [-0.1, -0.05) is 34.6 Å². The molecule has 1 N–H and O–H groups in total. The van der Waals surface area contributed by atoms with Crippen molar-refractivity contribution in [1.82, 2.24) is 5.32 Å². The highest BCUT2D eigenvalue weighted by atomic mass is 15.0. The second-order valence-electron chi connectivity index (χ2n) is 5.64. The second kappa shape index (κ2) is 3.61. The Balaban J connectivity index is 0.000000396. The number of rotatable bonds is 0. The van der Waals surface area contributed by atoms with Crippen molar-refractivity contribution in [3.63, 3.8) is 0 Å². The summed E-state index contributed by atoms with van der Waals surface area (Å²) >= 11 is 0. The number of nitrogens with one attached hydrogen (secondary N) is 1. The number of fused-ring (bicyclic) bond motifs is 2. The summed E-state index contributed by atoms with van der Waals surface area (Å²) in [5.74, 6) is 0. The third-order valence-electron chi connectivity index (χ3n) is 3.26. The standard InChI is InChI=1S/C10H19N.C2H6/c1-9(2)4-8-5-10(3,6-9)7-11-8;1-2/h8,11H,4-7H2,1-3H3;1-2H3. The first-order valence-electron chi connectivity index (χ1n) is 5.73. The van der Waals surface area contributed by atoms with Gasteiger partial charge in [-0.05, 0) is 30.1 Å². The van der Waals surface area contributed by atoms with Gasteiger partial charge in [-0.2, -0.15) is 0 Å². The van der Waals surface area contributed by atoms with E-state index in [1.807, 2.05) is 13.8 Å². The van der Waals surface area contributed by atoms with Crippen molar-refractivity contribution >= 4 is 0 Å². The van der Waals surface area contributed by atoms with Gasteiger partial charge in [-0.3, -0.25) is 0 Å². The predicted molar refractivity (Wildman–Crippen MR) is 58.9 cm³/mol. The summed E-state index contributed by atoms with van der Waals surface area (Å²) in [6, 6.07) is 0.823. The maximum absolute atomic E-state index is 3.61. The van der Waals surface area contributed by atoms with Gasteiger partial charge in [0.1, 0.15) is 0 Å². The molecule has 1 heterocycles. The van der Waals surface area contributed by atoms with Gasteiger partial charge in [-0.25, -0.2) is 0 Å². The molecule has 2 rings (SSSR count). The summed E-state index contributed by atoms with van der Waals surface area (Å²) in [4.78, 5) is 0. The molecule has 1 nitrogen and oxygen atoms in total. The molecule has 1 aliphatic heterocycles. The quantitative estimate of drug-likeness (QED) is 0.608. The van der Waals surface area contributed by atoms with E-state index in [4.69, 9.17) is 0 Å². The van der Waals surface area contributed by atoms with Crippen LogP contribution in [0, 0.1) is 10.8 Å². The van der Waals surface area contributed by atoms with Crippen molar-refractivity contribution < 1.29 is 0 Å². The van der Waals surface area contributed by atoms with E-state index in [0.29, 0.717) is 10.8 Å². The summed E-state index contributed by atoms with van der Waals surface area (Å²) in [6.45, 7) is 12.5. The van der Waals surface area contributed by atoms with Crippen LogP contribution >= 0.6 is 0 Å². The Labute approximate surface area is 83.3 Å². The first-order valence-corrected chi connectivity index (χ1v) is 5.73. The highest BCUT2D eigenvalue weighted by Gasteiger charge is 2.45. The molecular formula is C12H25N. The average molecular weight is 183 g/mol. The average Bonchev–Trinajstić information content (AvgIpc) is 2.28. The van der Waals surface area contributed by atoms with Crippen LogP contribution in [0.25, 0.3) is 0 Å².